The minimum absolute atomic E-state index is 0.0845. The Morgan fingerprint density at radius 1 is 1.33 bits per heavy atom. The van der Waals surface area contributed by atoms with Crippen molar-refractivity contribution in [3.05, 3.63) is 25.3 Å². The summed E-state index contributed by atoms with van der Waals surface area (Å²) in [5.74, 6) is -0.940. The van der Waals surface area contributed by atoms with Crippen LogP contribution in [0.3, 0.4) is 0 Å². The number of carbonyl (C=O) groups excluding carboxylic acids is 1. The number of carboxylic acid groups (broad SMARTS) is 1. The number of amides is 1. The molecule has 0 saturated carbocycles. The number of hydrogen-bond acceptors (Lipinski definition) is 3. The summed E-state index contributed by atoms with van der Waals surface area (Å²) >= 11 is 0. The fourth-order valence-corrected chi connectivity index (χ4v) is 3.02. The molecule has 1 aliphatic rings. The highest BCUT2D eigenvalue weighted by molar-refractivity contribution is 5.80. The largest absolute Gasteiger partial charge is 0.480 e. The smallest absolute Gasteiger partial charge is 0.321 e. The summed E-state index contributed by atoms with van der Waals surface area (Å²) in [5.41, 5.74) is -0.327. The maximum Gasteiger partial charge on any atom is 0.321 e. The second-order valence-corrected chi connectivity index (χ2v) is 6.18. The van der Waals surface area contributed by atoms with Crippen molar-refractivity contribution in [3.8, 4) is 0 Å². The number of nitrogens with zero attached hydrogens (tertiary/aromatic N) is 2. The van der Waals surface area contributed by atoms with Gasteiger partial charge in [-0.2, -0.15) is 0 Å². The molecule has 0 spiro atoms. The first kappa shape index (κ1) is 17.4. The van der Waals surface area contributed by atoms with E-state index in [0.29, 0.717) is 19.6 Å². The summed E-state index contributed by atoms with van der Waals surface area (Å²) in [6.07, 6.45) is 5.09. The van der Waals surface area contributed by atoms with E-state index >= 15 is 0 Å². The summed E-state index contributed by atoms with van der Waals surface area (Å²) in [7, 11) is 0. The molecule has 1 rings (SSSR count). The van der Waals surface area contributed by atoms with E-state index in [0.717, 1.165) is 12.8 Å². The second kappa shape index (κ2) is 7.41. The van der Waals surface area contributed by atoms with E-state index in [-0.39, 0.29) is 17.9 Å². The Balaban J connectivity index is 2.82. The molecule has 0 bridgehead atoms. The first-order valence-corrected chi connectivity index (χ1v) is 7.30. The van der Waals surface area contributed by atoms with Gasteiger partial charge in [-0.05, 0) is 24.8 Å². The number of piperidine rings is 1. The zero-order valence-electron chi connectivity index (χ0n) is 13.0. The monoisotopic (exact) mass is 294 g/mol. The highest BCUT2D eigenvalue weighted by Gasteiger charge is 2.43. The molecular formula is C16H26N2O3. The Morgan fingerprint density at radius 2 is 1.90 bits per heavy atom. The third kappa shape index (κ3) is 4.43. The predicted molar refractivity (Wildman–Crippen MR) is 83.0 cm³/mol. The van der Waals surface area contributed by atoms with Gasteiger partial charge in [-0.3, -0.25) is 14.5 Å². The van der Waals surface area contributed by atoms with E-state index in [4.69, 9.17) is 0 Å². The van der Waals surface area contributed by atoms with Crippen molar-refractivity contribution in [2.75, 3.05) is 26.2 Å². The van der Waals surface area contributed by atoms with Crippen molar-refractivity contribution < 1.29 is 14.7 Å². The minimum Gasteiger partial charge on any atom is -0.480 e. The average Bonchev–Trinajstić information content (AvgIpc) is 2.36. The Kier molecular flexibility index (Phi) is 6.15. The number of carbonyl (C=O) groups is 2. The summed E-state index contributed by atoms with van der Waals surface area (Å²) < 4.78 is 0. The summed E-state index contributed by atoms with van der Waals surface area (Å²) in [6.45, 7) is 12.8. The molecule has 1 aliphatic heterocycles. The predicted octanol–water partition coefficient (Wildman–Crippen LogP) is 1.76. The molecular weight excluding hydrogens is 268 g/mol. The van der Waals surface area contributed by atoms with Crippen LogP contribution in [0.4, 0.5) is 0 Å². The molecule has 1 amide bonds. The fourth-order valence-electron chi connectivity index (χ4n) is 3.02. The molecule has 1 fully saturated rings. The van der Waals surface area contributed by atoms with Crippen molar-refractivity contribution in [2.45, 2.75) is 32.7 Å². The van der Waals surface area contributed by atoms with Gasteiger partial charge in [0.15, 0.2) is 0 Å². The fraction of sp³-hybridized carbons (Fsp3) is 0.625. The normalized spacial score (nSPS) is 21.5. The molecule has 118 valence electrons. The molecule has 5 nitrogen and oxygen atoms in total. The number of hydrogen-bond donors (Lipinski definition) is 1. The van der Waals surface area contributed by atoms with Crippen molar-refractivity contribution in [3.63, 3.8) is 0 Å². The molecule has 1 saturated heterocycles. The first-order valence-electron chi connectivity index (χ1n) is 7.30. The average molecular weight is 294 g/mol. The van der Waals surface area contributed by atoms with E-state index in [9.17, 15) is 14.7 Å². The van der Waals surface area contributed by atoms with Gasteiger partial charge in [-0.15, -0.1) is 13.2 Å². The van der Waals surface area contributed by atoms with Gasteiger partial charge >= 0.3 is 5.97 Å². The van der Waals surface area contributed by atoms with Crippen molar-refractivity contribution in [1.82, 2.24) is 9.80 Å². The topological polar surface area (TPSA) is 60.9 Å². The van der Waals surface area contributed by atoms with Gasteiger partial charge in [0.25, 0.3) is 0 Å². The lowest BCUT2D eigenvalue weighted by molar-refractivity contribution is -0.152. The maximum atomic E-state index is 12.4. The van der Waals surface area contributed by atoms with Crippen LogP contribution in [0.2, 0.25) is 0 Å². The molecule has 1 unspecified atom stereocenters. The van der Waals surface area contributed by atoms with Crippen LogP contribution >= 0.6 is 0 Å². The van der Waals surface area contributed by atoms with E-state index in [2.05, 4.69) is 13.2 Å². The van der Waals surface area contributed by atoms with Crippen LogP contribution in [-0.2, 0) is 9.59 Å². The quantitative estimate of drug-likeness (QED) is 0.727. The molecule has 21 heavy (non-hydrogen) atoms. The number of rotatable bonds is 7. The molecule has 5 heteroatoms. The van der Waals surface area contributed by atoms with Crippen LogP contribution in [-0.4, -0.2) is 59.0 Å². The van der Waals surface area contributed by atoms with Crippen molar-refractivity contribution in [2.24, 2.45) is 5.41 Å². The second-order valence-electron chi connectivity index (χ2n) is 6.18. The molecule has 0 aromatic rings. The Labute approximate surface area is 126 Å². The highest BCUT2D eigenvalue weighted by atomic mass is 16.4. The zero-order chi connectivity index (χ0) is 16.0. The van der Waals surface area contributed by atoms with E-state index < -0.39 is 12.0 Å². The number of aliphatic carboxylic acids is 1. The van der Waals surface area contributed by atoms with Gasteiger partial charge in [0.2, 0.25) is 5.91 Å². The Morgan fingerprint density at radius 3 is 2.38 bits per heavy atom. The molecule has 0 aliphatic carbocycles. The molecule has 1 atom stereocenters. The lowest BCUT2D eigenvalue weighted by Gasteiger charge is -2.44. The molecule has 1 heterocycles. The molecule has 0 radical (unpaired) electrons. The highest BCUT2D eigenvalue weighted by Crippen LogP contribution is 2.35. The van der Waals surface area contributed by atoms with Gasteiger partial charge in [0.05, 0.1) is 6.54 Å². The van der Waals surface area contributed by atoms with Gasteiger partial charge in [0, 0.05) is 13.1 Å². The third-order valence-corrected chi connectivity index (χ3v) is 4.00. The van der Waals surface area contributed by atoms with Gasteiger partial charge in [-0.25, -0.2) is 0 Å². The number of carboxylic acids is 1. The lowest BCUT2D eigenvalue weighted by atomic mass is 9.76. The van der Waals surface area contributed by atoms with Crippen LogP contribution in [0.1, 0.15) is 26.7 Å². The third-order valence-electron chi connectivity index (χ3n) is 4.00. The first-order chi connectivity index (χ1) is 9.83. The van der Waals surface area contributed by atoms with Gasteiger partial charge in [0.1, 0.15) is 6.04 Å². The van der Waals surface area contributed by atoms with Gasteiger partial charge in [-0.1, -0.05) is 26.0 Å². The van der Waals surface area contributed by atoms with Crippen LogP contribution in [0.5, 0.6) is 0 Å². The van der Waals surface area contributed by atoms with E-state index in [1.165, 1.54) is 0 Å². The van der Waals surface area contributed by atoms with Crippen LogP contribution in [0, 0.1) is 5.41 Å². The van der Waals surface area contributed by atoms with Crippen molar-refractivity contribution >= 4 is 11.9 Å². The maximum absolute atomic E-state index is 12.4. The van der Waals surface area contributed by atoms with Crippen molar-refractivity contribution in [1.29, 1.82) is 0 Å². The zero-order valence-corrected chi connectivity index (χ0v) is 13.0. The SMILES string of the molecule is C=CCN(CC=C)C(=O)CN1CCCC(C)(C)C1C(=O)O. The summed E-state index contributed by atoms with van der Waals surface area (Å²) in [6, 6.07) is -0.621. The summed E-state index contributed by atoms with van der Waals surface area (Å²) in [4.78, 5) is 27.4. The van der Waals surface area contributed by atoms with Crippen LogP contribution < -0.4 is 0 Å². The molecule has 1 N–H and O–H groups in total. The summed E-state index contributed by atoms with van der Waals surface area (Å²) in [5, 5.41) is 9.50. The standard InChI is InChI=1S/C16H26N2O3/c1-5-9-17(10-6-2)13(19)12-18-11-7-8-16(3,4)14(18)15(20)21/h5-6,14H,1-2,7-12H2,3-4H3,(H,20,21). The Bertz CT molecular complexity index is 408. The molecule has 0 aromatic heterocycles. The molecule has 0 aromatic carbocycles. The van der Waals surface area contributed by atoms with E-state index in [1.54, 1.807) is 22.0 Å². The minimum atomic E-state index is -0.855. The number of likely N-dealkylation sites (tertiary alicyclic amines) is 1. The lowest BCUT2D eigenvalue weighted by Crippen LogP contribution is -2.56. The van der Waals surface area contributed by atoms with E-state index in [1.807, 2.05) is 13.8 Å². The van der Waals surface area contributed by atoms with Gasteiger partial charge < -0.3 is 10.0 Å². The van der Waals surface area contributed by atoms with Crippen LogP contribution in [0.15, 0.2) is 25.3 Å². The van der Waals surface area contributed by atoms with Crippen LogP contribution in [0.25, 0.3) is 0 Å². The Hall–Kier alpha value is -1.62.